The number of amides is 1. The van der Waals surface area contributed by atoms with Gasteiger partial charge in [0.1, 0.15) is 11.4 Å². The fraction of sp³-hybridized carbons (Fsp3) is 0.100. The number of aromatic nitrogens is 1. The molecule has 2 aromatic carbocycles. The number of halogens is 1. The van der Waals surface area contributed by atoms with Gasteiger partial charge < -0.3 is 9.88 Å². The van der Waals surface area contributed by atoms with Gasteiger partial charge in [-0.3, -0.25) is 9.59 Å². The molecular weight excluding hydrogens is 319 g/mol. The molecule has 0 aliphatic rings. The molecule has 0 bridgehead atoms. The van der Waals surface area contributed by atoms with Crippen molar-refractivity contribution in [1.29, 1.82) is 0 Å². The summed E-state index contributed by atoms with van der Waals surface area (Å²) in [6.07, 6.45) is 1.64. The van der Waals surface area contributed by atoms with Crippen LogP contribution in [0.15, 0.2) is 71.7 Å². The Bertz CT molecular complexity index is 965. The maximum absolute atomic E-state index is 13.6. The number of carbonyl (C=O) groups excluding carboxylic acids is 1. The number of aryl methyl sites for hydroxylation is 1. The fourth-order valence-electron chi connectivity index (χ4n) is 2.48. The van der Waals surface area contributed by atoms with Crippen LogP contribution in [0.1, 0.15) is 21.5 Å². The number of benzene rings is 2. The van der Waals surface area contributed by atoms with Gasteiger partial charge in [0.15, 0.2) is 0 Å². The Morgan fingerprint density at radius 3 is 2.56 bits per heavy atom. The van der Waals surface area contributed by atoms with Crippen molar-refractivity contribution < 1.29 is 9.18 Å². The van der Waals surface area contributed by atoms with E-state index in [4.69, 9.17) is 0 Å². The number of nitrogens with zero attached hydrogens (tertiary/aromatic N) is 1. The van der Waals surface area contributed by atoms with E-state index in [2.05, 4.69) is 5.32 Å². The Hall–Kier alpha value is -3.21. The van der Waals surface area contributed by atoms with Gasteiger partial charge in [-0.2, -0.15) is 0 Å². The van der Waals surface area contributed by atoms with Gasteiger partial charge in [0, 0.05) is 11.9 Å². The van der Waals surface area contributed by atoms with Gasteiger partial charge in [-0.25, -0.2) is 4.39 Å². The van der Waals surface area contributed by atoms with Gasteiger partial charge in [0.25, 0.3) is 11.5 Å². The van der Waals surface area contributed by atoms with Crippen molar-refractivity contribution in [3.63, 3.8) is 0 Å². The third-order valence-corrected chi connectivity index (χ3v) is 3.89. The molecule has 1 N–H and O–H groups in total. The predicted molar refractivity (Wildman–Crippen MR) is 95.3 cm³/mol. The Morgan fingerprint density at radius 1 is 1.08 bits per heavy atom. The number of rotatable bonds is 4. The predicted octanol–water partition coefficient (Wildman–Crippen LogP) is 3.60. The van der Waals surface area contributed by atoms with Crippen molar-refractivity contribution in [2.75, 3.05) is 5.32 Å². The fourth-order valence-corrected chi connectivity index (χ4v) is 2.48. The van der Waals surface area contributed by atoms with Crippen molar-refractivity contribution >= 4 is 11.6 Å². The summed E-state index contributed by atoms with van der Waals surface area (Å²) in [5.41, 5.74) is 1.38. The minimum Gasteiger partial charge on any atom is -0.322 e. The summed E-state index contributed by atoms with van der Waals surface area (Å²) in [4.78, 5) is 24.9. The number of hydrogen-bond acceptors (Lipinski definition) is 2. The molecule has 0 spiro atoms. The lowest BCUT2D eigenvalue weighted by Gasteiger charge is -2.09. The molecule has 0 aliphatic carbocycles. The molecule has 0 unspecified atom stereocenters. The first kappa shape index (κ1) is 16.6. The first-order valence-corrected chi connectivity index (χ1v) is 7.85. The van der Waals surface area contributed by atoms with Crippen LogP contribution in [-0.4, -0.2) is 10.5 Å². The number of carbonyl (C=O) groups is 1. The van der Waals surface area contributed by atoms with E-state index in [1.54, 1.807) is 31.3 Å². The van der Waals surface area contributed by atoms with Gasteiger partial charge in [0.2, 0.25) is 0 Å². The molecule has 0 fully saturated rings. The maximum Gasteiger partial charge on any atom is 0.263 e. The number of nitrogens with one attached hydrogen (secondary N) is 1. The molecule has 25 heavy (non-hydrogen) atoms. The van der Waals surface area contributed by atoms with Crippen molar-refractivity contribution in [3.05, 3.63) is 99.7 Å². The summed E-state index contributed by atoms with van der Waals surface area (Å²) in [5.74, 6) is -0.969. The van der Waals surface area contributed by atoms with Gasteiger partial charge in [0.05, 0.1) is 6.54 Å². The quantitative estimate of drug-likeness (QED) is 0.791. The molecular formula is C20H17FN2O2. The number of pyridine rings is 1. The lowest BCUT2D eigenvalue weighted by Crippen LogP contribution is -2.29. The largest absolute Gasteiger partial charge is 0.322 e. The first-order valence-electron chi connectivity index (χ1n) is 7.85. The van der Waals surface area contributed by atoms with Crippen molar-refractivity contribution in [2.45, 2.75) is 13.5 Å². The highest BCUT2D eigenvalue weighted by molar-refractivity contribution is 6.03. The smallest absolute Gasteiger partial charge is 0.263 e. The number of anilines is 1. The molecule has 0 saturated carbocycles. The van der Waals surface area contributed by atoms with Crippen LogP contribution in [0.3, 0.4) is 0 Å². The second-order valence-electron chi connectivity index (χ2n) is 5.76. The lowest BCUT2D eigenvalue weighted by atomic mass is 10.2. The summed E-state index contributed by atoms with van der Waals surface area (Å²) in [5, 5.41) is 2.57. The van der Waals surface area contributed by atoms with Crippen molar-refractivity contribution in [1.82, 2.24) is 4.57 Å². The molecule has 3 aromatic rings. The molecule has 0 radical (unpaired) electrons. The van der Waals surface area contributed by atoms with E-state index >= 15 is 0 Å². The van der Waals surface area contributed by atoms with E-state index in [0.29, 0.717) is 17.8 Å². The van der Waals surface area contributed by atoms with Crippen LogP contribution >= 0.6 is 0 Å². The van der Waals surface area contributed by atoms with Crippen molar-refractivity contribution in [3.8, 4) is 0 Å². The minimum absolute atomic E-state index is 0.0133. The second-order valence-corrected chi connectivity index (χ2v) is 5.76. The molecule has 4 nitrogen and oxygen atoms in total. The van der Waals surface area contributed by atoms with Crippen LogP contribution in [0.2, 0.25) is 0 Å². The van der Waals surface area contributed by atoms with Crippen LogP contribution in [0, 0.1) is 12.7 Å². The van der Waals surface area contributed by atoms with Gasteiger partial charge in [-0.05, 0) is 42.3 Å². The molecule has 5 heteroatoms. The summed E-state index contributed by atoms with van der Waals surface area (Å²) in [6, 6.07) is 17.0. The SMILES string of the molecule is Cc1ccc(NC(=O)c2cccn(Cc3ccccc3)c2=O)cc1F. The molecule has 3 rings (SSSR count). The van der Waals surface area contributed by atoms with Crippen LogP contribution in [-0.2, 0) is 6.54 Å². The van der Waals surface area contributed by atoms with E-state index in [1.807, 2.05) is 30.3 Å². The maximum atomic E-state index is 13.6. The van der Waals surface area contributed by atoms with Crippen LogP contribution in [0.4, 0.5) is 10.1 Å². The minimum atomic E-state index is -0.560. The zero-order chi connectivity index (χ0) is 17.8. The van der Waals surface area contributed by atoms with Crippen LogP contribution in [0.25, 0.3) is 0 Å². The molecule has 0 atom stereocenters. The zero-order valence-corrected chi connectivity index (χ0v) is 13.7. The molecule has 126 valence electrons. The summed E-state index contributed by atoms with van der Waals surface area (Å²) >= 11 is 0. The lowest BCUT2D eigenvalue weighted by molar-refractivity contribution is 0.102. The monoisotopic (exact) mass is 336 g/mol. The van der Waals surface area contributed by atoms with E-state index in [9.17, 15) is 14.0 Å². The van der Waals surface area contributed by atoms with E-state index < -0.39 is 17.3 Å². The van der Waals surface area contributed by atoms with Gasteiger partial charge >= 0.3 is 0 Å². The highest BCUT2D eigenvalue weighted by atomic mass is 19.1. The van der Waals surface area contributed by atoms with Gasteiger partial charge in [-0.15, -0.1) is 0 Å². The van der Waals surface area contributed by atoms with Crippen LogP contribution < -0.4 is 10.9 Å². The molecule has 1 heterocycles. The molecule has 0 aliphatic heterocycles. The number of hydrogen-bond donors (Lipinski definition) is 1. The van der Waals surface area contributed by atoms with Gasteiger partial charge in [-0.1, -0.05) is 36.4 Å². The summed E-state index contributed by atoms with van der Waals surface area (Å²) < 4.78 is 15.1. The van der Waals surface area contributed by atoms with E-state index in [1.165, 1.54) is 16.7 Å². The average molecular weight is 336 g/mol. The van der Waals surface area contributed by atoms with E-state index in [0.717, 1.165) is 5.56 Å². The molecule has 1 aromatic heterocycles. The second kappa shape index (κ2) is 7.13. The Labute approximate surface area is 144 Å². The third-order valence-electron chi connectivity index (χ3n) is 3.89. The van der Waals surface area contributed by atoms with E-state index in [-0.39, 0.29) is 5.56 Å². The first-order chi connectivity index (χ1) is 12.0. The highest BCUT2D eigenvalue weighted by Crippen LogP contribution is 2.14. The zero-order valence-electron chi connectivity index (χ0n) is 13.7. The molecule has 1 amide bonds. The topological polar surface area (TPSA) is 51.1 Å². The summed E-state index contributed by atoms with van der Waals surface area (Å²) in [7, 11) is 0. The Morgan fingerprint density at radius 2 is 1.84 bits per heavy atom. The molecule has 0 saturated heterocycles. The van der Waals surface area contributed by atoms with Crippen LogP contribution in [0.5, 0.6) is 0 Å². The Kier molecular flexibility index (Phi) is 4.75. The standard InChI is InChI=1S/C20H17FN2O2/c1-14-9-10-16(12-18(14)21)22-19(24)17-8-5-11-23(20(17)25)13-15-6-3-2-4-7-15/h2-12H,13H2,1H3,(H,22,24). The average Bonchev–Trinajstić information content (AvgIpc) is 2.61. The summed E-state index contributed by atoms with van der Waals surface area (Å²) in [6.45, 7) is 2.01. The third kappa shape index (κ3) is 3.83. The Balaban J connectivity index is 1.84. The highest BCUT2D eigenvalue weighted by Gasteiger charge is 2.13. The normalized spacial score (nSPS) is 10.5. The van der Waals surface area contributed by atoms with Crippen molar-refractivity contribution in [2.24, 2.45) is 0 Å².